The summed E-state index contributed by atoms with van der Waals surface area (Å²) < 4.78 is 48.4. The number of fused-ring (bicyclic) bond motifs is 1. The number of likely N-dealkylation sites (tertiary alicyclic amines) is 1. The summed E-state index contributed by atoms with van der Waals surface area (Å²) in [5.74, 6) is 0.203. The van der Waals surface area contributed by atoms with Crippen molar-refractivity contribution in [1.82, 2.24) is 24.3 Å². The minimum absolute atomic E-state index is 0.00245. The number of carbonyl (C=O) groups excluding carboxylic acids is 1. The average Bonchev–Trinajstić information content (AvgIpc) is 3.42. The first kappa shape index (κ1) is 27.4. The molecule has 0 aliphatic carbocycles. The van der Waals surface area contributed by atoms with Gasteiger partial charge in [-0.2, -0.15) is 18.2 Å². The Balaban J connectivity index is 1.52. The highest BCUT2D eigenvalue weighted by molar-refractivity contribution is 5.87. The molecule has 0 unspecified atom stereocenters. The van der Waals surface area contributed by atoms with Gasteiger partial charge in [-0.3, -0.25) is 14.2 Å². The number of ether oxygens (including phenoxy) is 1. The van der Waals surface area contributed by atoms with Gasteiger partial charge >= 0.3 is 6.18 Å². The fourth-order valence-corrected chi connectivity index (χ4v) is 5.22. The van der Waals surface area contributed by atoms with Crippen LogP contribution < -0.4 is 20.5 Å². The molecule has 1 N–H and O–H groups in total. The number of carbonyl (C=O) groups is 1. The topological polar surface area (TPSA) is 95.8 Å². The summed E-state index contributed by atoms with van der Waals surface area (Å²) in [6.45, 7) is 7.60. The molecule has 2 aromatic heterocycles. The largest absolute Gasteiger partial charge is 0.494 e. The predicted molar refractivity (Wildman–Crippen MR) is 145 cm³/mol. The van der Waals surface area contributed by atoms with Crippen molar-refractivity contribution in [1.29, 1.82) is 0 Å². The Hall–Kier alpha value is -4.13. The number of anilines is 3. The van der Waals surface area contributed by atoms with E-state index in [4.69, 9.17) is 4.74 Å². The van der Waals surface area contributed by atoms with Crippen LogP contribution in [0.3, 0.4) is 0 Å². The molecule has 0 bridgehead atoms. The highest BCUT2D eigenvalue weighted by Gasteiger charge is 2.36. The number of hydrogen-bond donors (Lipinski definition) is 1. The van der Waals surface area contributed by atoms with Gasteiger partial charge in [0.1, 0.15) is 11.4 Å². The quantitative estimate of drug-likeness (QED) is 0.462. The van der Waals surface area contributed by atoms with Crippen LogP contribution in [0, 0.1) is 0 Å². The van der Waals surface area contributed by atoms with Crippen molar-refractivity contribution in [2.75, 3.05) is 63.6 Å². The maximum Gasteiger partial charge on any atom is 0.417 e. The Labute approximate surface area is 228 Å². The zero-order valence-electron chi connectivity index (χ0n) is 22.2. The fourth-order valence-electron chi connectivity index (χ4n) is 5.22. The van der Waals surface area contributed by atoms with Gasteiger partial charge in [0.25, 0.3) is 5.56 Å². The van der Waals surface area contributed by atoms with E-state index in [1.807, 2.05) is 12.1 Å². The number of benzene rings is 1. The number of likely N-dealkylation sites (N-methyl/N-ethyl adjacent to an activating group) is 1. The van der Waals surface area contributed by atoms with E-state index in [9.17, 15) is 22.8 Å². The third-order valence-corrected chi connectivity index (χ3v) is 7.41. The lowest BCUT2D eigenvalue weighted by Gasteiger charge is -2.34. The molecule has 0 radical (unpaired) electrons. The van der Waals surface area contributed by atoms with Gasteiger partial charge in [-0.05, 0) is 31.7 Å². The maximum atomic E-state index is 13.9. The minimum Gasteiger partial charge on any atom is -0.494 e. The molecule has 1 atom stereocenters. The Bertz CT molecular complexity index is 1500. The number of nitrogens with one attached hydrogen (secondary N) is 1. The van der Waals surface area contributed by atoms with Crippen LogP contribution in [0.1, 0.15) is 18.0 Å². The van der Waals surface area contributed by atoms with Crippen LogP contribution in [-0.4, -0.2) is 83.7 Å². The summed E-state index contributed by atoms with van der Waals surface area (Å²) in [5, 5.41) is 2.73. The zero-order valence-corrected chi connectivity index (χ0v) is 22.2. The minimum atomic E-state index is -4.78. The number of rotatable bonds is 6. The average molecular weight is 558 g/mol. The normalized spacial score (nSPS) is 18.3. The smallest absolute Gasteiger partial charge is 0.417 e. The van der Waals surface area contributed by atoms with Crippen LogP contribution in [0.2, 0.25) is 0 Å². The van der Waals surface area contributed by atoms with Gasteiger partial charge in [-0.15, -0.1) is 0 Å². The number of pyridine rings is 1. The molecular weight excluding hydrogens is 527 g/mol. The van der Waals surface area contributed by atoms with Crippen LogP contribution in [0.25, 0.3) is 11.0 Å². The standard InChI is InChI=1S/C27H30F3N7O3/c1-4-23(38)36-8-7-18(16-36)37-24(39)14-20(27(28,29)30)19-15-31-26(33-25(19)37)32-21-6-5-17(13-22(21)40-3)35-11-9-34(2)10-12-35/h4-6,13-15,18H,1,7-12,16H2,2-3H3,(H,31,32,33)/t18-/m0/s1. The summed E-state index contributed by atoms with van der Waals surface area (Å²) in [5.41, 5.74) is -0.621. The third-order valence-electron chi connectivity index (χ3n) is 7.41. The number of aromatic nitrogens is 3. The van der Waals surface area contributed by atoms with E-state index in [0.29, 0.717) is 30.5 Å². The van der Waals surface area contributed by atoms with Crippen LogP contribution in [0.4, 0.5) is 30.5 Å². The van der Waals surface area contributed by atoms with E-state index in [0.717, 1.165) is 38.1 Å². The van der Waals surface area contributed by atoms with E-state index in [1.165, 1.54) is 22.7 Å². The van der Waals surface area contributed by atoms with Crippen molar-refractivity contribution in [3.63, 3.8) is 0 Å². The second-order valence-electron chi connectivity index (χ2n) is 9.93. The van der Waals surface area contributed by atoms with Gasteiger partial charge in [0.2, 0.25) is 11.9 Å². The number of alkyl halides is 3. The molecule has 1 aromatic carbocycles. The molecule has 0 spiro atoms. The number of halogens is 3. The molecule has 3 aromatic rings. The molecule has 5 rings (SSSR count). The van der Waals surface area contributed by atoms with Crippen molar-refractivity contribution in [2.45, 2.75) is 18.6 Å². The predicted octanol–water partition coefficient (Wildman–Crippen LogP) is 3.27. The van der Waals surface area contributed by atoms with E-state index < -0.39 is 23.3 Å². The summed E-state index contributed by atoms with van der Waals surface area (Å²) in [6, 6.07) is 5.63. The van der Waals surface area contributed by atoms with Gasteiger partial charge in [-0.25, -0.2) is 4.98 Å². The number of hydrogen-bond acceptors (Lipinski definition) is 8. The number of nitrogens with zero attached hydrogens (tertiary/aromatic N) is 6. The molecule has 1 amide bonds. The molecule has 4 heterocycles. The van der Waals surface area contributed by atoms with Gasteiger partial charge in [0.15, 0.2) is 0 Å². The monoisotopic (exact) mass is 557 g/mol. The van der Waals surface area contributed by atoms with Gasteiger partial charge in [-0.1, -0.05) is 6.58 Å². The van der Waals surface area contributed by atoms with Gasteiger partial charge < -0.3 is 24.8 Å². The second-order valence-corrected chi connectivity index (χ2v) is 9.93. The van der Waals surface area contributed by atoms with Gasteiger partial charge in [0, 0.05) is 68.7 Å². The first-order valence-corrected chi connectivity index (χ1v) is 12.9. The molecule has 212 valence electrons. The van der Waals surface area contributed by atoms with E-state index >= 15 is 0 Å². The number of amides is 1. The van der Waals surface area contributed by atoms with Crippen molar-refractivity contribution in [3.8, 4) is 5.75 Å². The Morgan fingerprint density at radius 3 is 2.60 bits per heavy atom. The molecular formula is C27H30F3N7O3. The third kappa shape index (κ3) is 5.33. The maximum absolute atomic E-state index is 13.9. The Morgan fingerprint density at radius 2 is 1.93 bits per heavy atom. The van der Waals surface area contributed by atoms with Crippen molar-refractivity contribution in [3.05, 3.63) is 59.0 Å². The lowest BCUT2D eigenvalue weighted by atomic mass is 10.1. The molecule has 2 saturated heterocycles. The summed E-state index contributed by atoms with van der Waals surface area (Å²) in [6.07, 6.45) is -2.16. The SMILES string of the molecule is C=CC(=O)N1CC[C@H](n2c(=O)cc(C(F)(F)F)c3cnc(Nc4ccc(N5CCN(C)CC5)cc4OC)nc32)C1. The molecule has 10 nitrogen and oxygen atoms in total. The fraction of sp³-hybridized carbons (Fsp3) is 0.407. The van der Waals surface area contributed by atoms with Crippen LogP contribution in [0.15, 0.2) is 47.9 Å². The van der Waals surface area contributed by atoms with Crippen molar-refractivity contribution >= 4 is 34.3 Å². The lowest BCUT2D eigenvalue weighted by molar-refractivity contribution is -0.136. The lowest BCUT2D eigenvalue weighted by Crippen LogP contribution is -2.44. The molecule has 40 heavy (non-hydrogen) atoms. The van der Waals surface area contributed by atoms with E-state index in [-0.39, 0.29) is 29.4 Å². The van der Waals surface area contributed by atoms with Crippen molar-refractivity contribution in [2.24, 2.45) is 0 Å². The second kappa shape index (κ2) is 10.8. The first-order chi connectivity index (χ1) is 19.1. The number of piperazine rings is 1. The molecule has 0 saturated carbocycles. The van der Waals surface area contributed by atoms with Crippen LogP contribution in [-0.2, 0) is 11.0 Å². The molecule has 2 fully saturated rings. The first-order valence-electron chi connectivity index (χ1n) is 12.9. The van der Waals surface area contributed by atoms with E-state index in [1.54, 1.807) is 6.07 Å². The molecule has 13 heteroatoms. The van der Waals surface area contributed by atoms with Crippen molar-refractivity contribution < 1.29 is 22.7 Å². The zero-order chi connectivity index (χ0) is 28.6. The Morgan fingerprint density at radius 1 is 1.18 bits per heavy atom. The highest BCUT2D eigenvalue weighted by Crippen LogP contribution is 2.36. The van der Waals surface area contributed by atoms with E-state index in [2.05, 4.69) is 38.7 Å². The summed E-state index contributed by atoms with van der Waals surface area (Å²) in [4.78, 5) is 39.7. The summed E-state index contributed by atoms with van der Waals surface area (Å²) in [7, 11) is 3.61. The number of methoxy groups -OCH3 is 1. The van der Waals surface area contributed by atoms with Crippen LogP contribution >= 0.6 is 0 Å². The van der Waals surface area contributed by atoms with Crippen LogP contribution in [0.5, 0.6) is 5.75 Å². The summed E-state index contributed by atoms with van der Waals surface area (Å²) >= 11 is 0. The molecule has 2 aliphatic heterocycles. The van der Waals surface area contributed by atoms with Gasteiger partial charge in [0.05, 0.1) is 24.4 Å². The molecule has 2 aliphatic rings. The Kier molecular flexibility index (Phi) is 7.41. The highest BCUT2D eigenvalue weighted by atomic mass is 19.4.